The maximum absolute atomic E-state index is 9.35. The van der Waals surface area contributed by atoms with Gasteiger partial charge in [0.05, 0.1) is 12.8 Å². The second-order valence-corrected chi connectivity index (χ2v) is 4.94. The van der Waals surface area contributed by atoms with Gasteiger partial charge in [-0.3, -0.25) is 0 Å². The van der Waals surface area contributed by atoms with Crippen LogP contribution in [-0.2, 0) is 0 Å². The molecule has 0 unspecified atom stereocenters. The Labute approximate surface area is 127 Å². The fourth-order valence-corrected chi connectivity index (χ4v) is 2.31. The molecule has 6 heteroatoms. The number of methoxy groups -OCH3 is 1. The molecule has 3 aromatic rings. The zero-order valence-corrected chi connectivity index (χ0v) is 12.3. The van der Waals surface area contributed by atoms with E-state index < -0.39 is 0 Å². The van der Waals surface area contributed by atoms with Crippen molar-refractivity contribution in [1.29, 1.82) is 0 Å². The first-order valence-electron chi connectivity index (χ1n) is 6.75. The number of rotatable bonds is 3. The molecule has 6 nitrogen and oxygen atoms in total. The third kappa shape index (κ3) is 2.35. The average molecular weight is 296 g/mol. The van der Waals surface area contributed by atoms with E-state index >= 15 is 0 Å². The molecule has 0 saturated carbocycles. The standard InChI is InChI=1S/C16H16N4O2/c1-10-9-11(3-8-14(10)22-2)15-16(17)20(19-18-15)12-4-6-13(21)7-5-12/h3-9,21H,17H2,1-2H3. The number of nitrogen functional groups attached to an aromatic ring is 1. The lowest BCUT2D eigenvalue weighted by molar-refractivity contribution is 0.412. The summed E-state index contributed by atoms with van der Waals surface area (Å²) in [5.41, 5.74) is 9.39. The van der Waals surface area contributed by atoms with Gasteiger partial charge in [-0.1, -0.05) is 5.21 Å². The van der Waals surface area contributed by atoms with Crippen molar-refractivity contribution in [2.45, 2.75) is 6.92 Å². The van der Waals surface area contributed by atoms with Gasteiger partial charge in [0.15, 0.2) is 5.82 Å². The van der Waals surface area contributed by atoms with Crippen molar-refractivity contribution in [2.24, 2.45) is 0 Å². The molecule has 0 bridgehead atoms. The molecule has 22 heavy (non-hydrogen) atoms. The summed E-state index contributed by atoms with van der Waals surface area (Å²) < 4.78 is 6.79. The fraction of sp³-hybridized carbons (Fsp3) is 0.125. The number of nitrogens with zero attached hydrogens (tertiary/aromatic N) is 3. The lowest BCUT2D eigenvalue weighted by Crippen LogP contribution is -2.02. The molecular weight excluding hydrogens is 280 g/mol. The van der Waals surface area contributed by atoms with Gasteiger partial charge < -0.3 is 15.6 Å². The Hall–Kier alpha value is -3.02. The highest BCUT2D eigenvalue weighted by Crippen LogP contribution is 2.29. The van der Waals surface area contributed by atoms with Gasteiger partial charge in [0.1, 0.15) is 17.2 Å². The normalized spacial score (nSPS) is 10.6. The van der Waals surface area contributed by atoms with E-state index in [9.17, 15) is 5.11 Å². The number of ether oxygens (including phenoxy) is 1. The van der Waals surface area contributed by atoms with Crippen molar-refractivity contribution >= 4 is 5.82 Å². The highest BCUT2D eigenvalue weighted by atomic mass is 16.5. The molecule has 0 aliphatic rings. The minimum absolute atomic E-state index is 0.188. The number of benzene rings is 2. The van der Waals surface area contributed by atoms with Gasteiger partial charge in [0.2, 0.25) is 0 Å². The van der Waals surface area contributed by atoms with Crippen LogP contribution in [0.15, 0.2) is 42.5 Å². The van der Waals surface area contributed by atoms with E-state index in [0.29, 0.717) is 11.5 Å². The number of hydrogen-bond acceptors (Lipinski definition) is 5. The number of anilines is 1. The van der Waals surface area contributed by atoms with E-state index in [4.69, 9.17) is 10.5 Å². The lowest BCUT2D eigenvalue weighted by atomic mass is 10.1. The van der Waals surface area contributed by atoms with Crippen molar-refractivity contribution in [3.05, 3.63) is 48.0 Å². The molecule has 0 fully saturated rings. The van der Waals surface area contributed by atoms with Crippen LogP contribution in [0.4, 0.5) is 5.82 Å². The predicted molar refractivity (Wildman–Crippen MR) is 84.2 cm³/mol. The summed E-state index contributed by atoms with van der Waals surface area (Å²) >= 11 is 0. The second-order valence-electron chi connectivity index (χ2n) is 4.94. The van der Waals surface area contributed by atoms with E-state index in [1.807, 2.05) is 25.1 Å². The molecule has 0 atom stereocenters. The highest BCUT2D eigenvalue weighted by molar-refractivity contribution is 5.72. The summed E-state index contributed by atoms with van der Waals surface area (Å²) in [5, 5.41) is 17.6. The zero-order valence-electron chi connectivity index (χ0n) is 12.3. The number of hydrogen-bond donors (Lipinski definition) is 2. The van der Waals surface area contributed by atoms with E-state index in [1.165, 1.54) is 4.68 Å². The molecule has 0 radical (unpaired) electrons. The summed E-state index contributed by atoms with van der Waals surface area (Å²) in [7, 11) is 1.64. The van der Waals surface area contributed by atoms with Crippen LogP contribution in [0, 0.1) is 6.92 Å². The maximum Gasteiger partial charge on any atom is 0.155 e. The van der Waals surface area contributed by atoms with Gasteiger partial charge >= 0.3 is 0 Å². The number of aromatic hydroxyl groups is 1. The molecule has 3 N–H and O–H groups in total. The molecule has 1 heterocycles. The number of phenolic OH excluding ortho intramolecular Hbond substituents is 1. The van der Waals surface area contributed by atoms with Gasteiger partial charge in [-0.2, -0.15) is 4.68 Å². The predicted octanol–water partition coefficient (Wildman–Crippen LogP) is 2.54. The molecule has 112 valence electrons. The summed E-state index contributed by atoms with van der Waals surface area (Å²) in [4.78, 5) is 0. The molecule has 0 aliphatic carbocycles. The molecule has 1 aromatic heterocycles. The minimum atomic E-state index is 0.188. The number of phenols is 1. The summed E-state index contributed by atoms with van der Waals surface area (Å²) in [6, 6.07) is 12.3. The van der Waals surface area contributed by atoms with Crippen LogP contribution in [0.5, 0.6) is 11.5 Å². The monoisotopic (exact) mass is 296 g/mol. The van der Waals surface area contributed by atoms with Gasteiger partial charge in [-0.25, -0.2) is 0 Å². The Morgan fingerprint density at radius 2 is 1.86 bits per heavy atom. The number of nitrogens with two attached hydrogens (primary N) is 1. The fourth-order valence-electron chi connectivity index (χ4n) is 2.31. The van der Waals surface area contributed by atoms with Crippen LogP contribution in [0.2, 0.25) is 0 Å². The Bertz CT molecular complexity index is 810. The first kappa shape index (κ1) is 13.9. The number of aryl methyl sites for hydroxylation is 1. The SMILES string of the molecule is COc1ccc(-c2nnn(-c3ccc(O)cc3)c2N)cc1C. The average Bonchev–Trinajstić information content (AvgIpc) is 2.90. The summed E-state index contributed by atoms with van der Waals surface area (Å²) in [5.74, 6) is 1.44. The van der Waals surface area contributed by atoms with Crippen molar-refractivity contribution in [2.75, 3.05) is 12.8 Å². The second kappa shape index (κ2) is 5.40. The van der Waals surface area contributed by atoms with Crippen LogP contribution in [0.1, 0.15) is 5.56 Å². The van der Waals surface area contributed by atoms with Gasteiger partial charge in [0, 0.05) is 5.56 Å². The molecular formula is C16H16N4O2. The molecule has 0 amide bonds. The van der Waals surface area contributed by atoms with Crippen LogP contribution >= 0.6 is 0 Å². The zero-order chi connectivity index (χ0) is 15.7. The van der Waals surface area contributed by atoms with Crippen LogP contribution in [-0.4, -0.2) is 27.2 Å². The van der Waals surface area contributed by atoms with Gasteiger partial charge in [-0.15, -0.1) is 5.10 Å². The van der Waals surface area contributed by atoms with E-state index in [-0.39, 0.29) is 5.75 Å². The summed E-state index contributed by atoms with van der Waals surface area (Å²) in [6.07, 6.45) is 0. The topological polar surface area (TPSA) is 86.2 Å². The Morgan fingerprint density at radius 3 is 2.50 bits per heavy atom. The van der Waals surface area contributed by atoms with E-state index in [0.717, 1.165) is 22.6 Å². The smallest absolute Gasteiger partial charge is 0.155 e. The van der Waals surface area contributed by atoms with Gasteiger partial charge in [-0.05, 0) is 55.0 Å². The van der Waals surface area contributed by atoms with Crippen LogP contribution in [0.25, 0.3) is 16.9 Å². The quantitative estimate of drug-likeness (QED) is 0.775. The lowest BCUT2D eigenvalue weighted by Gasteiger charge is -2.07. The molecule has 2 aromatic carbocycles. The minimum Gasteiger partial charge on any atom is -0.508 e. The Kier molecular flexibility index (Phi) is 3.42. The van der Waals surface area contributed by atoms with E-state index in [2.05, 4.69) is 10.3 Å². The first-order chi connectivity index (χ1) is 10.6. The van der Waals surface area contributed by atoms with Crippen LogP contribution < -0.4 is 10.5 Å². The summed E-state index contributed by atoms with van der Waals surface area (Å²) in [6.45, 7) is 1.96. The Morgan fingerprint density at radius 1 is 1.14 bits per heavy atom. The first-order valence-corrected chi connectivity index (χ1v) is 6.75. The van der Waals surface area contributed by atoms with Gasteiger partial charge in [0.25, 0.3) is 0 Å². The van der Waals surface area contributed by atoms with Crippen molar-refractivity contribution < 1.29 is 9.84 Å². The van der Waals surface area contributed by atoms with Crippen molar-refractivity contribution in [1.82, 2.24) is 15.0 Å². The Balaban J connectivity index is 2.03. The third-order valence-electron chi connectivity index (χ3n) is 3.47. The third-order valence-corrected chi connectivity index (χ3v) is 3.47. The van der Waals surface area contributed by atoms with Crippen molar-refractivity contribution in [3.63, 3.8) is 0 Å². The maximum atomic E-state index is 9.35. The molecule has 0 saturated heterocycles. The molecule has 0 aliphatic heterocycles. The van der Waals surface area contributed by atoms with E-state index in [1.54, 1.807) is 31.4 Å². The molecule has 3 rings (SSSR count). The van der Waals surface area contributed by atoms with Crippen LogP contribution in [0.3, 0.4) is 0 Å². The highest BCUT2D eigenvalue weighted by Gasteiger charge is 2.14. The van der Waals surface area contributed by atoms with Crippen molar-refractivity contribution in [3.8, 4) is 28.4 Å². The largest absolute Gasteiger partial charge is 0.508 e. The number of aromatic nitrogens is 3. The molecule has 0 spiro atoms.